The van der Waals surface area contributed by atoms with Gasteiger partial charge in [0.1, 0.15) is 5.75 Å². The minimum absolute atomic E-state index is 0.675. The summed E-state index contributed by atoms with van der Waals surface area (Å²) in [6, 6.07) is 8.92. The summed E-state index contributed by atoms with van der Waals surface area (Å²) in [5.41, 5.74) is 1.26. The van der Waals surface area contributed by atoms with Crippen molar-refractivity contribution in [3.8, 4) is 5.75 Å². The van der Waals surface area contributed by atoms with E-state index in [0.29, 0.717) is 6.04 Å². The van der Waals surface area contributed by atoms with Gasteiger partial charge in [-0.1, -0.05) is 32.0 Å². The molecule has 0 amide bonds. The lowest BCUT2D eigenvalue weighted by molar-refractivity contribution is 0.307. The number of methoxy groups -OCH3 is 1. The van der Waals surface area contributed by atoms with Gasteiger partial charge in [-0.3, -0.25) is 0 Å². The van der Waals surface area contributed by atoms with Crippen molar-refractivity contribution in [1.29, 1.82) is 0 Å². The van der Waals surface area contributed by atoms with Crippen LogP contribution < -0.4 is 10.1 Å². The van der Waals surface area contributed by atoms with E-state index in [2.05, 4.69) is 43.2 Å². The van der Waals surface area contributed by atoms with Crippen LogP contribution in [0.15, 0.2) is 24.3 Å². The second kappa shape index (κ2) is 9.78. The Balaban J connectivity index is 2.28. The molecule has 3 nitrogen and oxygen atoms in total. The number of para-hydroxylation sites is 1. The first-order valence-corrected chi connectivity index (χ1v) is 7.75. The molecule has 0 aromatic heterocycles. The van der Waals surface area contributed by atoms with Crippen molar-refractivity contribution in [2.24, 2.45) is 0 Å². The average Bonchev–Trinajstić information content (AvgIpc) is 2.48. The number of ether oxygens (including phenoxy) is 1. The maximum Gasteiger partial charge on any atom is 0.123 e. The summed E-state index contributed by atoms with van der Waals surface area (Å²) in [5, 5.41) is 3.61. The Morgan fingerprint density at radius 2 is 1.90 bits per heavy atom. The van der Waals surface area contributed by atoms with Crippen molar-refractivity contribution in [3.63, 3.8) is 0 Å². The van der Waals surface area contributed by atoms with Crippen LogP contribution in [-0.2, 0) is 6.54 Å². The first kappa shape index (κ1) is 17.0. The monoisotopic (exact) mass is 278 g/mol. The quantitative estimate of drug-likeness (QED) is 0.665. The van der Waals surface area contributed by atoms with Gasteiger partial charge >= 0.3 is 0 Å². The molecule has 0 aliphatic carbocycles. The first-order chi connectivity index (χ1) is 9.71. The van der Waals surface area contributed by atoms with E-state index in [1.807, 2.05) is 12.1 Å². The summed E-state index contributed by atoms with van der Waals surface area (Å²) >= 11 is 0. The predicted molar refractivity (Wildman–Crippen MR) is 86.3 cm³/mol. The summed E-state index contributed by atoms with van der Waals surface area (Å²) in [4.78, 5) is 2.35. The number of hydrogen-bond donors (Lipinski definition) is 1. The first-order valence-electron chi connectivity index (χ1n) is 7.75. The Labute approximate surface area is 124 Å². The third-order valence-electron chi connectivity index (χ3n) is 3.77. The molecule has 0 unspecified atom stereocenters. The van der Waals surface area contributed by atoms with Gasteiger partial charge in [0.05, 0.1) is 7.11 Å². The standard InChI is InChI=1S/C17H30N2O/c1-5-16(6-2)18-12-9-13-19(3)14-15-10-7-8-11-17(15)20-4/h7-8,10-11,16,18H,5-6,9,12-14H2,1-4H3. The molecule has 0 heterocycles. The zero-order valence-electron chi connectivity index (χ0n) is 13.5. The van der Waals surface area contributed by atoms with Crippen molar-refractivity contribution < 1.29 is 4.74 Å². The van der Waals surface area contributed by atoms with E-state index >= 15 is 0 Å². The lowest BCUT2D eigenvalue weighted by atomic mass is 10.1. The van der Waals surface area contributed by atoms with Crippen LogP contribution in [0.4, 0.5) is 0 Å². The van der Waals surface area contributed by atoms with Gasteiger partial charge < -0.3 is 15.0 Å². The van der Waals surface area contributed by atoms with E-state index in [1.165, 1.54) is 24.8 Å². The topological polar surface area (TPSA) is 24.5 Å². The molecule has 0 aliphatic rings. The second-order valence-electron chi connectivity index (χ2n) is 5.37. The van der Waals surface area contributed by atoms with Crippen LogP contribution in [0.1, 0.15) is 38.7 Å². The lowest BCUT2D eigenvalue weighted by Crippen LogP contribution is -2.30. The molecule has 0 aliphatic heterocycles. The normalized spacial score (nSPS) is 11.3. The number of hydrogen-bond acceptors (Lipinski definition) is 3. The second-order valence-corrected chi connectivity index (χ2v) is 5.37. The fraction of sp³-hybridized carbons (Fsp3) is 0.647. The Morgan fingerprint density at radius 1 is 1.20 bits per heavy atom. The SMILES string of the molecule is CCC(CC)NCCCN(C)Cc1ccccc1OC. The van der Waals surface area contributed by atoms with E-state index in [9.17, 15) is 0 Å². The molecule has 3 heteroatoms. The third kappa shape index (κ3) is 5.93. The predicted octanol–water partition coefficient (Wildman–Crippen LogP) is 3.30. The van der Waals surface area contributed by atoms with Crippen LogP contribution in [0.25, 0.3) is 0 Å². The van der Waals surface area contributed by atoms with Crippen LogP contribution in [0, 0.1) is 0 Å². The third-order valence-corrected chi connectivity index (χ3v) is 3.77. The highest BCUT2D eigenvalue weighted by atomic mass is 16.5. The molecule has 0 atom stereocenters. The number of rotatable bonds is 10. The minimum atomic E-state index is 0.675. The Hall–Kier alpha value is -1.06. The fourth-order valence-electron chi connectivity index (χ4n) is 2.44. The minimum Gasteiger partial charge on any atom is -0.496 e. The zero-order chi connectivity index (χ0) is 14.8. The van der Waals surface area contributed by atoms with E-state index < -0.39 is 0 Å². The Kier molecular flexibility index (Phi) is 8.31. The van der Waals surface area contributed by atoms with Gasteiger partial charge in [0.25, 0.3) is 0 Å². The zero-order valence-corrected chi connectivity index (χ0v) is 13.5. The van der Waals surface area contributed by atoms with Crippen molar-refractivity contribution in [1.82, 2.24) is 10.2 Å². The molecular formula is C17H30N2O. The highest BCUT2D eigenvalue weighted by molar-refractivity contribution is 5.32. The van der Waals surface area contributed by atoms with Crippen LogP contribution >= 0.6 is 0 Å². The van der Waals surface area contributed by atoms with Gasteiger partial charge in [0, 0.05) is 18.2 Å². The van der Waals surface area contributed by atoms with Crippen LogP contribution in [0.3, 0.4) is 0 Å². The largest absolute Gasteiger partial charge is 0.496 e. The van der Waals surface area contributed by atoms with Gasteiger partial charge in [0.15, 0.2) is 0 Å². The maximum atomic E-state index is 5.39. The lowest BCUT2D eigenvalue weighted by Gasteiger charge is -2.19. The molecule has 1 aromatic carbocycles. The molecule has 0 spiro atoms. The molecular weight excluding hydrogens is 248 g/mol. The number of benzene rings is 1. The fourth-order valence-corrected chi connectivity index (χ4v) is 2.44. The summed E-state index contributed by atoms with van der Waals surface area (Å²) in [6.45, 7) is 7.63. The van der Waals surface area contributed by atoms with E-state index in [0.717, 1.165) is 25.4 Å². The van der Waals surface area contributed by atoms with Crippen LogP contribution in [0.5, 0.6) is 5.75 Å². The van der Waals surface area contributed by atoms with Crippen molar-refractivity contribution in [3.05, 3.63) is 29.8 Å². The van der Waals surface area contributed by atoms with E-state index in [1.54, 1.807) is 7.11 Å². The van der Waals surface area contributed by atoms with Crippen LogP contribution in [0.2, 0.25) is 0 Å². The van der Waals surface area contributed by atoms with E-state index in [-0.39, 0.29) is 0 Å². The van der Waals surface area contributed by atoms with Crippen LogP contribution in [-0.4, -0.2) is 38.2 Å². The molecule has 1 aromatic rings. The van der Waals surface area contributed by atoms with Crippen molar-refractivity contribution >= 4 is 0 Å². The summed E-state index contributed by atoms with van der Waals surface area (Å²) in [5.74, 6) is 0.981. The van der Waals surface area contributed by atoms with Gasteiger partial charge in [-0.05, 0) is 45.5 Å². The molecule has 0 radical (unpaired) electrons. The molecule has 1 rings (SSSR count). The van der Waals surface area contributed by atoms with Crippen molar-refractivity contribution in [2.75, 3.05) is 27.2 Å². The van der Waals surface area contributed by atoms with Gasteiger partial charge in [-0.25, -0.2) is 0 Å². The molecule has 20 heavy (non-hydrogen) atoms. The van der Waals surface area contributed by atoms with Gasteiger partial charge in [-0.15, -0.1) is 0 Å². The number of nitrogens with zero attached hydrogens (tertiary/aromatic N) is 1. The highest BCUT2D eigenvalue weighted by Gasteiger charge is 2.06. The highest BCUT2D eigenvalue weighted by Crippen LogP contribution is 2.18. The maximum absolute atomic E-state index is 5.39. The van der Waals surface area contributed by atoms with Gasteiger partial charge in [-0.2, -0.15) is 0 Å². The number of nitrogens with one attached hydrogen (secondary N) is 1. The Bertz CT molecular complexity index is 364. The molecule has 114 valence electrons. The molecule has 0 bridgehead atoms. The smallest absolute Gasteiger partial charge is 0.123 e. The van der Waals surface area contributed by atoms with E-state index in [4.69, 9.17) is 4.74 Å². The Morgan fingerprint density at radius 3 is 2.55 bits per heavy atom. The molecule has 0 fully saturated rings. The summed E-state index contributed by atoms with van der Waals surface area (Å²) in [7, 11) is 3.90. The molecule has 1 N–H and O–H groups in total. The van der Waals surface area contributed by atoms with Crippen molar-refractivity contribution in [2.45, 2.75) is 45.7 Å². The summed E-state index contributed by atoms with van der Waals surface area (Å²) in [6.07, 6.45) is 3.61. The average molecular weight is 278 g/mol. The molecule has 0 saturated carbocycles. The van der Waals surface area contributed by atoms with Gasteiger partial charge in [0.2, 0.25) is 0 Å². The summed E-state index contributed by atoms with van der Waals surface area (Å²) < 4.78 is 5.39. The molecule has 0 saturated heterocycles.